The summed E-state index contributed by atoms with van der Waals surface area (Å²) in [6.45, 7) is 4.25. The van der Waals surface area contributed by atoms with E-state index in [0.717, 1.165) is 18.7 Å². The predicted molar refractivity (Wildman–Crippen MR) is 68.3 cm³/mol. The van der Waals surface area contributed by atoms with Gasteiger partial charge in [-0.05, 0) is 13.3 Å². The summed E-state index contributed by atoms with van der Waals surface area (Å²) in [5, 5.41) is 5.86. The number of thiazole rings is 1. The van der Waals surface area contributed by atoms with Crippen LogP contribution in [0.2, 0.25) is 0 Å². The smallest absolute Gasteiger partial charge is 0.234 e. The minimum atomic E-state index is 0.00285. The minimum absolute atomic E-state index is 0.00285. The van der Waals surface area contributed by atoms with Crippen LogP contribution in [0.3, 0.4) is 0 Å². The van der Waals surface area contributed by atoms with Crippen LogP contribution in [0.25, 0.3) is 0 Å². The molecule has 6 heteroatoms. The highest BCUT2D eigenvalue weighted by atomic mass is 32.1. The molecule has 0 fully saturated rings. The Balaban J connectivity index is 2.04. The first-order valence-corrected chi connectivity index (χ1v) is 6.47. The first kappa shape index (κ1) is 14.1. The number of aromatic nitrogens is 1. The Morgan fingerprint density at radius 3 is 3.00 bits per heavy atom. The van der Waals surface area contributed by atoms with Gasteiger partial charge in [-0.3, -0.25) is 4.79 Å². The second-order valence-electron chi connectivity index (χ2n) is 3.63. The summed E-state index contributed by atoms with van der Waals surface area (Å²) in [7, 11) is 1.61. The van der Waals surface area contributed by atoms with Crippen molar-refractivity contribution in [1.82, 2.24) is 15.6 Å². The molecule has 2 N–H and O–H groups in total. The molecular weight excluding hydrogens is 238 g/mol. The Morgan fingerprint density at radius 1 is 1.53 bits per heavy atom. The maximum atomic E-state index is 11.3. The second-order valence-corrected chi connectivity index (χ2v) is 4.57. The largest absolute Gasteiger partial charge is 0.383 e. The number of hydrogen-bond donors (Lipinski definition) is 2. The molecule has 0 spiro atoms. The second kappa shape index (κ2) is 8.16. The summed E-state index contributed by atoms with van der Waals surface area (Å²) in [6.07, 6.45) is 0.919. The van der Waals surface area contributed by atoms with E-state index in [2.05, 4.69) is 15.6 Å². The van der Waals surface area contributed by atoms with Gasteiger partial charge in [0.05, 0.1) is 24.4 Å². The van der Waals surface area contributed by atoms with E-state index in [9.17, 15) is 4.79 Å². The molecule has 17 heavy (non-hydrogen) atoms. The maximum Gasteiger partial charge on any atom is 0.234 e. The fourth-order valence-electron chi connectivity index (χ4n) is 1.32. The number of hydrogen-bond acceptors (Lipinski definition) is 5. The zero-order valence-corrected chi connectivity index (χ0v) is 11.1. The average Bonchev–Trinajstić information content (AvgIpc) is 2.71. The van der Waals surface area contributed by atoms with Crippen LogP contribution < -0.4 is 10.6 Å². The van der Waals surface area contributed by atoms with Gasteiger partial charge in [0.2, 0.25) is 5.91 Å². The van der Waals surface area contributed by atoms with Gasteiger partial charge in [0, 0.05) is 25.1 Å². The maximum absolute atomic E-state index is 11.3. The van der Waals surface area contributed by atoms with Crippen LogP contribution in [0, 0.1) is 6.92 Å². The van der Waals surface area contributed by atoms with Crippen molar-refractivity contribution in [1.29, 1.82) is 0 Å². The number of nitrogens with one attached hydrogen (secondary N) is 2. The van der Waals surface area contributed by atoms with Gasteiger partial charge in [0.15, 0.2) is 0 Å². The quantitative estimate of drug-likeness (QED) is 0.660. The van der Waals surface area contributed by atoms with E-state index in [1.165, 1.54) is 4.88 Å². The Morgan fingerprint density at radius 2 is 2.35 bits per heavy atom. The predicted octanol–water partition coefficient (Wildman–Crippen LogP) is 0.346. The lowest BCUT2D eigenvalue weighted by Crippen LogP contribution is -2.36. The third kappa shape index (κ3) is 5.76. The Hall–Kier alpha value is -0.980. The molecule has 0 bridgehead atoms. The molecule has 0 saturated carbocycles. The molecule has 0 atom stereocenters. The van der Waals surface area contributed by atoms with Crippen LogP contribution in [0.15, 0.2) is 5.51 Å². The SMILES string of the molecule is COCCNC(=O)CNCCc1scnc1C. The van der Waals surface area contributed by atoms with Gasteiger partial charge in [-0.15, -0.1) is 11.3 Å². The van der Waals surface area contributed by atoms with Crippen molar-refractivity contribution in [2.45, 2.75) is 13.3 Å². The topological polar surface area (TPSA) is 63.2 Å². The van der Waals surface area contributed by atoms with E-state index in [-0.39, 0.29) is 5.91 Å². The summed E-state index contributed by atoms with van der Waals surface area (Å²) in [5.41, 5.74) is 2.93. The molecule has 1 amide bonds. The number of carbonyl (C=O) groups excluding carboxylic acids is 1. The summed E-state index contributed by atoms with van der Waals surface area (Å²) >= 11 is 1.66. The van der Waals surface area contributed by atoms with Crippen molar-refractivity contribution in [2.24, 2.45) is 0 Å². The van der Waals surface area contributed by atoms with E-state index in [1.54, 1.807) is 18.4 Å². The molecule has 1 aromatic rings. The molecule has 1 rings (SSSR count). The molecule has 0 aromatic carbocycles. The molecule has 0 aliphatic rings. The minimum Gasteiger partial charge on any atom is -0.383 e. The van der Waals surface area contributed by atoms with E-state index < -0.39 is 0 Å². The number of carbonyl (C=O) groups is 1. The fourth-order valence-corrected chi connectivity index (χ4v) is 2.11. The van der Waals surface area contributed by atoms with Crippen LogP contribution in [-0.2, 0) is 16.0 Å². The molecule has 5 nitrogen and oxygen atoms in total. The van der Waals surface area contributed by atoms with Gasteiger partial charge < -0.3 is 15.4 Å². The molecular formula is C11H19N3O2S. The molecule has 0 unspecified atom stereocenters. The van der Waals surface area contributed by atoms with Gasteiger partial charge >= 0.3 is 0 Å². The van der Waals surface area contributed by atoms with E-state index >= 15 is 0 Å². The van der Waals surface area contributed by atoms with Gasteiger partial charge in [-0.2, -0.15) is 0 Å². The molecule has 0 saturated heterocycles. The van der Waals surface area contributed by atoms with Crippen LogP contribution in [0.4, 0.5) is 0 Å². The first-order valence-electron chi connectivity index (χ1n) is 5.59. The van der Waals surface area contributed by atoms with Crippen molar-refractivity contribution >= 4 is 17.2 Å². The summed E-state index contributed by atoms with van der Waals surface area (Å²) in [6, 6.07) is 0. The zero-order valence-electron chi connectivity index (χ0n) is 10.3. The number of amides is 1. The summed E-state index contributed by atoms with van der Waals surface area (Å²) in [4.78, 5) is 16.8. The van der Waals surface area contributed by atoms with Gasteiger partial charge in [-0.1, -0.05) is 0 Å². The highest BCUT2D eigenvalue weighted by Crippen LogP contribution is 2.11. The van der Waals surface area contributed by atoms with Crippen LogP contribution in [0.5, 0.6) is 0 Å². The third-order valence-electron chi connectivity index (χ3n) is 2.29. The number of ether oxygens (including phenoxy) is 1. The van der Waals surface area contributed by atoms with Crippen LogP contribution >= 0.6 is 11.3 Å². The normalized spacial score (nSPS) is 10.5. The zero-order chi connectivity index (χ0) is 12.5. The van der Waals surface area contributed by atoms with Gasteiger partial charge in [0.1, 0.15) is 0 Å². The molecule has 1 heterocycles. The lowest BCUT2D eigenvalue weighted by atomic mass is 10.3. The molecule has 1 aromatic heterocycles. The van der Waals surface area contributed by atoms with Gasteiger partial charge in [-0.25, -0.2) is 4.98 Å². The number of methoxy groups -OCH3 is 1. The Labute approximate surface area is 106 Å². The number of rotatable bonds is 8. The fraction of sp³-hybridized carbons (Fsp3) is 0.636. The summed E-state index contributed by atoms with van der Waals surface area (Å²) < 4.78 is 4.84. The van der Waals surface area contributed by atoms with Crippen LogP contribution in [0.1, 0.15) is 10.6 Å². The van der Waals surface area contributed by atoms with E-state index in [0.29, 0.717) is 19.7 Å². The average molecular weight is 257 g/mol. The Kier molecular flexibility index (Phi) is 6.76. The number of aryl methyl sites for hydroxylation is 1. The van der Waals surface area contributed by atoms with Crippen LogP contribution in [-0.4, -0.2) is 44.2 Å². The van der Waals surface area contributed by atoms with E-state index in [4.69, 9.17) is 4.74 Å². The molecule has 0 aliphatic heterocycles. The monoisotopic (exact) mass is 257 g/mol. The van der Waals surface area contributed by atoms with Crippen molar-refractivity contribution in [3.05, 3.63) is 16.1 Å². The van der Waals surface area contributed by atoms with Crippen molar-refractivity contribution in [2.75, 3.05) is 33.4 Å². The molecule has 96 valence electrons. The standard InChI is InChI=1S/C11H19N3O2S/c1-9-10(17-8-14-9)3-4-12-7-11(15)13-5-6-16-2/h8,12H,3-7H2,1-2H3,(H,13,15). The van der Waals surface area contributed by atoms with Crippen molar-refractivity contribution in [3.63, 3.8) is 0 Å². The lowest BCUT2D eigenvalue weighted by Gasteiger charge is -2.05. The number of nitrogens with zero attached hydrogens (tertiary/aromatic N) is 1. The summed E-state index contributed by atoms with van der Waals surface area (Å²) in [5.74, 6) is 0.00285. The van der Waals surface area contributed by atoms with E-state index in [1.807, 2.05) is 12.4 Å². The highest BCUT2D eigenvalue weighted by Gasteiger charge is 2.02. The van der Waals surface area contributed by atoms with Gasteiger partial charge in [0.25, 0.3) is 0 Å². The first-order chi connectivity index (χ1) is 8.24. The van der Waals surface area contributed by atoms with Crippen molar-refractivity contribution in [3.8, 4) is 0 Å². The highest BCUT2D eigenvalue weighted by molar-refractivity contribution is 7.09. The van der Waals surface area contributed by atoms with Crippen molar-refractivity contribution < 1.29 is 9.53 Å². The Bertz CT molecular complexity index is 341. The lowest BCUT2D eigenvalue weighted by molar-refractivity contribution is -0.120. The third-order valence-corrected chi connectivity index (χ3v) is 3.28. The molecule has 0 radical (unpaired) electrons. The molecule has 0 aliphatic carbocycles.